The standard InChI is InChI=1S/C25H33FN4O5/c1-24(2,3)35-23(34)28-25(4,5)13-8-9-29(11-13)17-10-16-18(20(27)19(17)26)21(31)15(22(32)33)12-30(16)14-6-7-14/h10,12-14H,6-9,11,27H2,1-5H3,(H,28,34)(H,32,33). The lowest BCUT2D eigenvalue weighted by atomic mass is 9.87. The Bertz CT molecular complexity index is 1260. The second-order valence-electron chi connectivity index (χ2n) is 11.1. The Morgan fingerprint density at radius 2 is 1.86 bits per heavy atom. The molecule has 1 aliphatic carbocycles. The van der Waals surface area contributed by atoms with Gasteiger partial charge in [-0.1, -0.05) is 0 Å². The average Bonchev–Trinajstić information content (AvgIpc) is 3.43. The van der Waals surface area contributed by atoms with Gasteiger partial charge in [0.05, 0.1) is 22.3 Å². The predicted molar refractivity (Wildman–Crippen MR) is 132 cm³/mol. The van der Waals surface area contributed by atoms with Crippen LogP contribution < -0.4 is 21.4 Å². The fourth-order valence-electron chi connectivity index (χ4n) is 4.77. The number of nitrogens with two attached hydrogens (primary N) is 1. The van der Waals surface area contributed by atoms with Crippen molar-refractivity contribution in [2.75, 3.05) is 23.7 Å². The van der Waals surface area contributed by atoms with Gasteiger partial charge in [0.25, 0.3) is 0 Å². The number of rotatable bonds is 5. The molecule has 0 bridgehead atoms. The largest absolute Gasteiger partial charge is 0.477 e. The molecule has 1 aromatic heterocycles. The van der Waals surface area contributed by atoms with Gasteiger partial charge in [0.1, 0.15) is 11.2 Å². The van der Waals surface area contributed by atoms with Crippen LogP contribution in [0.15, 0.2) is 17.1 Å². The fourth-order valence-corrected chi connectivity index (χ4v) is 4.77. The molecule has 1 amide bonds. The number of carbonyl (C=O) groups excluding carboxylic acids is 1. The highest BCUT2D eigenvalue weighted by atomic mass is 19.1. The summed E-state index contributed by atoms with van der Waals surface area (Å²) in [6.07, 6.45) is 3.23. The van der Waals surface area contributed by atoms with Gasteiger partial charge < -0.3 is 30.4 Å². The molecule has 1 unspecified atom stereocenters. The van der Waals surface area contributed by atoms with Crippen molar-refractivity contribution in [3.8, 4) is 0 Å². The lowest BCUT2D eigenvalue weighted by molar-refractivity contribution is 0.0441. The minimum atomic E-state index is -1.36. The van der Waals surface area contributed by atoms with Gasteiger partial charge in [-0.15, -0.1) is 0 Å². The SMILES string of the molecule is CC(C)(C)OC(=O)NC(C)(C)C1CCN(c2cc3c(c(N)c2F)c(=O)c(C(=O)O)cn3C2CC2)C1. The Morgan fingerprint density at radius 3 is 2.43 bits per heavy atom. The molecule has 1 atom stereocenters. The molecule has 4 rings (SSSR count). The van der Waals surface area contributed by atoms with E-state index in [4.69, 9.17) is 10.5 Å². The molecule has 2 aromatic rings. The number of nitrogens with one attached hydrogen (secondary N) is 1. The number of pyridine rings is 1. The highest BCUT2D eigenvalue weighted by Crippen LogP contribution is 2.41. The van der Waals surface area contributed by atoms with Gasteiger partial charge in [-0.25, -0.2) is 14.0 Å². The number of halogens is 1. The van der Waals surface area contributed by atoms with E-state index >= 15 is 4.39 Å². The van der Waals surface area contributed by atoms with Crippen LogP contribution in [-0.2, 0) is 4.74 Å². The summed E-state index contributed by atoms with van der Waals surface area (Å²) in [7, 11) is 0. The van der Waals surface area contributed by atoms with Crippen LogP contribution in [0, 0.1) is 11.7 Å². The molecule has 9 nitrogen and oxygen atoms in total. The maximum absolute atomic E-state index is 15.5. The van der Waals surface area contributed by atoms with Crippen molar-refractivity contribution in [2.45, 2.75) is 71.1 Å². The zero-order valence-corrected chi connectivity index (χ0v) is 20.8. The second kappa shape index (κ2) is 8.42. The topological polar surface area (TPSA) is 127 Å². The summed E-state index contributed by atoms with van der Waals surface area (Å²) < 4.78 is 22.6. The van der Waals surface area contributed by atoms with Crippen LogP contribution in [-0.4, -0.2) is 46.0 Å². The Hall–Kier alpha value is -3.30. The molecular formula is C25H33FN4O5. The summed E-state index contributed by atoms with van der Waals surface area (Å²) in [5.74, 6) is -2.10. The van der Waals surface area contributed by atoms with E-state index < -0.39 is 40.0 Å². The molecule has 2 aliphatic rings. The van der Waals surface area contributed by atoms with E-state index in [9.17, 15) is 19.5 Å². The van der Waals surface area contributed by atoms with Gasteiger partial charge in [-0.05, 0) is 59.9 Å². The number of alkyl carbamates (subject to hydrolysis) is 1. The van der Waals surface area contributed by atoms with E-state index in [-0.39, 0.29) is 28.7 Å². The van der Waals surface area contributed by atoms with Crippen LogP contribution in [0.1, 0.15) is 70.3 Å². The van der Waals surface area contributed by atoms with Crippen molar-refractivity contribution in [3.63, 3.8) is 0 Å². The minimum Gasteiger partial charge on any atom is -0.477 e. The summed E-state index contributed by atoms with van der Waals surface area (Å²) in [4.78, 5) is 38.7. The highest BCUT2D eigenvalue weighted by molar-refractivity contribution is 5.99. The van der Waals surface area contributed by atoms with Crippen molar-refractivity contribution >= 4 is 34.3 Å². The molecule has 1 aliphatic heterocycles. The van der Waals surface area contributed by atoms with Gasteiger partial charge in [-0.2, -0.15) is 0 Å². The minimum absolute atomic E-state index is 0.00588. The number of amides is 1. The van der Waals surface area contributed by atoms with Crippen molar-refractivity contribution in [3.05, 3.63) is 33.9 Å². The molecule has 10 heteroatoms. The molecule has 1 aromatic carbocycles. The number of benzene rings is 1. The normalized spacial score (nSPS) is 18.7. The maximum atomic E-state index is 15.5. The molecular weight excluding hydrogens is 455 g/mol. The third-order valence-corrected chi connectivity index (χ3v) is 6.82. The van der Waals surface area contributed by atoms with Crippen molar-refractivity contribution in [1.82, 2.24) is 9.88 Å². The van der Waals surface area contributed by atoms with Crippen LogP contribution >= 0.6 is 0 Å². The molecule has 2 fully saturated rings. The molecule has 35 heavy (non-hydrogen) atoms. The zero-order valence-electron chi connectivity index (χ0n) is 20.8. The molecule has 1 saturated carbocycles. The van der Waals surface area contributed by atoms with Crippen molar-refractivity contribution < 1.29 is 23.8 Å². The van der Waals surface area contributed by atoms with Crippen LogP contribution in [0.4, 0.5) is 20.6 Å². The Morgan fingerprint density at radius 1 is 1.20 bits per heavy atom. The lowest BCUT2D eigenvalue weighted by Gasteiger charge is -2.34. The third kappa shape index (κ3) is 4.78. The highest BCUT2D eigenvalue weighted by Gasteiger charge is 2.39. The van der Waals surface area contributed by atoms with Crippen LogP contribution in [0.25, 0.3) is 10.9 Å². The third-order valence-electron chi connectivity index (χ3n) is 6.82. The summed E-state index contributed by atoms with van der Waals surface area (Å²) in [5, 5.41) is 12.3. The number of carboxylic acids is 1. The monoisotopic (exact) mass is 488 g/mol. The summed E-state index contributed by atoms with van der Waals surface area (Å²) >= 11 is 0. The smallest absolute Gasteiger partial charge is 0.408 e. The number of fused-ring (bicyclic) bond motifs is 1. The molecule has 4 N–H and O–H groups in total. The van der Waals surface area contributed by atoms with Gasteiger partial charge in [0.15, 0.2) is 5.82 Å². The van der Waals surface area contributed by atoms with E-state index in [1.165, 1.54) is 6.20 Å². The van der Waals surface area contributed by atoms with Crippen LogP contribution in [0.2, 0.25) is 0 Å². The van der Waals surface area contributed by atoms with Crippen molar-refractivity contribution in [1.29, 1.82) is 0 Å². The maximum Gasteiger partial charge on any atom is 0.408 e. The number of carboxylic acid groups (broad SMARTS) is 1. The Labute approximate surface area is 203 Å². The fraction of sp³-hybridized carbons (Fsp3) is 0.560. The Balaban J connectivity index is 1.67. The zero-order chi connectivity index (χ0) is 25.9. The first-order chi connectivity index (χ1) is 16.2. The van der Waals surface area contributed by atoms with Gasteiger partial charge in [0, 0.05) is 36.8 Å². The molecule has 0 spiro atoms. The van der Waals surface area contributed by atoms with E-state index in [1.54, 1.807) is 31.4 Å². The second-order valence-corrected chi connectivity index (χ2v) is 11.1. The number of aromatic nitrogens is 1. The van der Waals surface area contributed by atoms with E-state index in [1.807, 2.05) is 18.7 Å². The average molecular weight is 489 g/mol. The number of nitrogens with zero attached hydrogens (tertiary/aromatic N) is 2. The summed E-state index contributed by atoms with van der Waals surface area (Å²) in [5.41, 5.74) is 4.05. The molecule has 2 heterocycles. The number of carbonyl (C=O) groups is 2. The number of aromatic carboxylic acids is 1. The van der Waals surface area contributed by atoms with E-state index in [0.717, 1.165) is 12.8 Å². The number of anilines is 2. The number of hydrogen-bond donors (Lipinski definition) is 3. The molecule has 190 valence electrons. The number of ether oxygens (including phenoxy) is 1. The quantitative estimate of drug-likeness (QED) is 0.545. The molecule has 0 radical (unpaired) electrons. The number of hydrogen-bond acceptors (Lipinski definition) is 6. The lowest BCUT2D eigenvalue weighted by Crippen LogP contribution is -2.51. The Kier molecular flexibility index (Phi) is 5.97. The first-order valence-corrected chi connectivity index (χ1v) is 11.9. The van der Waals surface area contributed by atoms with Crippen LogP contribution in [0.5, 0.6) is 0 Å². The van der Waals surface area contributed by atoms with Crippen molar-refractivity contribution in [2.24, 2.45) is 5.92 Å². The first-order valence-electron chi connectivity index (χ1n) is 11.9. The van der Waals surface area contributed by atoms with E-state index in [2.05, 4.69) is 5.32 Å². The molecule has 1 saturated heterocycles. The summed E-state index contributed by atoms with van der Waals surface area (Å²) in [6, 6.07) is 1.65. The van der Waals surface area contributed by atoms with Gasteiger partial charge >= 0.3 is 12.1 Å². The van der Waals surface area contributed by atoms with Gasteiger partial charge in [0.2, 0.25) is 5.43 Å². The van der Waals surface area contributed by atoms with Gasteiger partial charge in [-0.3, -0.25) is 4.79 Å². The number of nitrogen functional groups attached to an aromatic ring is 1. The first kappa shape index (κ1) is 24.8. The summed E-state index contributed by atoms with van der Waals surface area (Å²) in [6.45, 7) is 10.2. The van der Waals surface area contributed by atoms with E-state index in [0.29, 0.717) is 25.0 Å². The predicted octanol–water partition coefficient (Wildman–Crippen LogP) is 3.89. The van der Waals surface area contributed by atoms with Crippen LogP contribution in [0.3, 0.4) is 0 Å².